The summed E-state index contributed by atoms with van der Waals surface area (Å²) >= 11 is 0. The van der Waals surface area contributed by atoms with E-state index < -0.39 is 0 Å². The zero-order valence-corrected chi connectivity index (χ0v) is 15.8. The minimum atomic E-state index is 0.0112. The Labute approximate surface area is 146 Å². The van der Waals surface area contributed by atoms with Crippen molar-refractivity contribution >= 4 is 17.4 Å². The van der Waals surface area contributed by atoms with Crippen LogP contribution in [0, 0.1) is 6.92 Å². The number of aryl methyl sites for hydroxylation is 1. The number of hydrogen-bond donors (Lipinski definition) is 1. The quantitative estimate of drug-likeness (QED) is 0.898. The minimum absolute atomic E-state index is 0.0112. The Balaban J connectivity index is 1.97. The van der Waals surface area contributed by atoms with Gasteiger partial charge in [-0.3, -0.25) is 4.90 Å². The molecule has 24 heavy (non-hydrogen) atoms. The highest BCUT2D eigenvalue weighted by molar-refractivity contribution is 5.90. The van der Waals surface area contributed by atoms with Crippen LogP contribution in [0.2, 0.25) is 0 Å². The van der Waals surface area contributed by atoms with Crippen LogP contribution in [-0.2, 0) is 0 Å². The van der Waals surface area contributed by atoms with E-state index in [0.717, 1.165) is 50.5 Å². The van der Waals surface area contributed by atoms with E-state index in [1.165, 1.54) is 5.69 Å². The number of amides is 2. The van der Waals surface area contributed by atoms with Gasteiger partial charge in [0.15, 0.2) is 0 Å². The van der Waals surface area contributed by atoms with Crippen LogP contribution in [0.25, 0.3) is 0 Å². The van der Waals surface area contributed by atoms with Gasteiger partial charge in [-0.2, -0.15) is 0 Å². The zero-order chi connectivity index (χ0) is 17.7. The van der Waals surface area contributed by atoms with E-state index in [1.807, 2.05) is 11.0 Å². The van der Waals surface area contributed by atoms with Gasteiger partial charge < -0.3 is 15.1 Å². The Morgan fingerprint density at radius 1 is 1.17 bits per heavy atom. The molecular formula is C19H32N4O. The molecule has 2 amide bonds. The molecule has 1 aromatic rings. The molecule has 0 atom stereocenters. The number of hydrogen-bond acceptors (Lipinski definition) is 3. The smallest absolute Gasteiger partial charge is 0.321 e. The van der Waals surface area contributed by atoms with Gasteiger partial charge in [-0.1, -0.05) is 0 Å². The number of anilines is 2. The maximum Gasteiger partial charge on any atom is 0.321 e. The van der Waals surface area contributed by atoms with Crippen molar-refractivity contribution in [2.45, 2.75) is 40.7 Å². The molecule has 1 N–H and O–H groups in total. The minimum Gasteiger partial charge on any atom is -0.372 e. The van der Waals surface area contributed by atoms with E-state index in [2.05, 4.69) is 61.9 Å². The molecule has 0 unspecified atom stereocenters. The summed E-state index contributed by atoms with van der Waals surface area (Å²) in [4.78, 5) is 19.1. The van der Waals surface area contributed by atoms with Gasteiger partial charge in [0.05, 0.1) is 0 Å². The normalized spacial score (nSPS) is 15.7. The summed E-state index contributed by atoms with van der Waals surface area (Å²) in [6.07, 6.45) is 0. The molecule has 0 radical (unpaired) electrons. The molecule has 0 saturated carbocycles. The predicted octanol–water partition coefficient (Wildman–Crippen LogP) is 3.40. The highest BCUT2D eigenvalue weighted by Crippen LogP contribution is 2.23. The number of rotatable bonds is 5. The average molecular weight is 332 g/mol. The van der Waals surface area contributed by atoms with Gasteiger partial charge in [0.2, 0.25) is 0 Å². The molecule has 134 valence electrons. The molecule has 0 spiro atoms. The molecule has 5 heteroatoms. The molecule has 0 aliphatic carbocycles. The molecule has 0 aromatic heterocycles. The summed E-state index contributed by atoms with van der Waals surface area (Å²) in [6, 6.07) is 6.82. The Morgan fingerprint density at radius 2 is 1.79 bits per heavy atom. The largest absolute Gasteiger partial charge is 0.372 e. The van der Waals surface area contributed by atoms with E-state index in [9.17, 15) is 4.79 Å². The van der Waals surface area contributed by atoms with Crippen LogP contribution in [0.1, 0.15) is 33.3 Å². The van der Waals surface area contributed by atoms with Gasteiger partial charge in [0.25, 0.3) is 0 Å². The maximum absolute atomic E-state index is 12.5. The standard InChI is InChI=1S/C19H32N4O/c1-6-21(7-2)17-8-9-18(16(5)14-17)20-19(24)23-12-10-22(11-13-23)15(3)4/h8-9,14-15H,6-7,10-13H2,1-5H3,(H,20,24). The fourth-order valence-corrected chi connectivity index (χ4v) is 3.21. The number of urea groups is 1. The van der Waals surface area contributed by atoms with Crippen molar-refractivity contribution in [2.75, 3.05) is 49.5 Å². The molecule has 1 heterocycles. The highest BCUT2D eigenvalue weighted by Gasteiger charge is 2.22. The van der Waals surface area contributed by atoms with Crippen LogP contribution in [0.5, 0.6) is 0 Å². The number of carbonyl (C=O) groups is 1. The first-order valence-corrected chi connectivity index (χ1v) is 9.11. The van der Waals surface area contributed by atoms with E-state index in [-0.39, 0.29) is 6.03 Å². The number of carbonyl (C=O) groups excluding carboxylic acids is 1. The summed E-state index contributed by atoms with van der Waals surface area (Å²) in [5.74, 6) is 0. The lowest BCUT2D eigenvalue weighted by Crippen LogP contribution is -2.51. The molecule has 1 saturated heterocycles. The van der Waals surface area contributed by atoms with Gasteiger partial charge in [-0.15, -0.1) is 0 Å². The van der Waals surface area contributed by atoms with Crippen molar-refractivity contribution in [2.24, 2.45) is 0 Å². The Morgan fingerprint density at radius 3 is 2.29 bits per heavy atom. The van der Waals surface area contributed by atoms with E-state index in [4.69, 9.17) is 0 Å². The summed E-state index contributed by atoms with van der Waals surface area (Å²) in [5.41, 5.74) is 3.22. The summed E-state index contributed by atoms with van der Waals surface area (Å²) in [6.45, 7) is 16.2. The number of nitrogens with zero attached hydrogens (tertiary/aromatic N) is 3. The van der Waals surface area contributed by atoms with Crippen LogP contribution in [0.4, 0.5) is 16.2 Å². The van der Waals surface area contributed by atoms with E-state index in [1.54, 1.807) is 0 Å². The average Bonchev–Trinajstić information content (AvgIpc) is 2.58. The van der Waals surface area contributed by atoms with Crippen LogP contribution in [-0.4, -0.2) is 61.1 Å². The predicted molar refractivity (Wildman–Crippen MR) is 102 cm³/mol. The van der Waals surface area contributed by atoms with Crippen molar-refractivity contribution in [3.63, 3.8) is 0 Å². The lowest BCUT2D eigenvalue weighted by atomic mass is 10.1. The third-order valence-corrected chi connectivity index (χ3v) is 4.91. The first-order chi connectivity index (χ1) is 11.5. The van der Waals surface area contributed by atoms with E-state index in [0.29, 0.717) is 6.04 Å². The van der Waals surface area contributed by atoms with Gasteiger partial charge in [-0.25, -0.2) is 4.79 Å². The zero-order valence-electron chi connectivity index (χ0n) is 15.8. The second-order valence-corrected chi connectivity index (χ2v) is 6.72. The van der Waals surface area contributed by atoms with Crippen LogP contribution in [0.3, 0.4) is 0 Å². The Bertz CT molecular complexity index is 546. The second kappa shape index (κ2) is 8.38. The van der Waals surface area contributed by atoms with Crippen molar-refractivity contribution in [1.29, 1.82) is 0 Å². The fourth-order valence-electron chi connectivity index (χ4n) is 3.21. The molecule has 2 rings (SSSR count). The highest BCUT2D eigenvalue weighted by atomic mass is 16.2. The van der Waals surface area contributed by atoms with Crippen LogP contribution < -0.4 is 10.2 Å². The van der Waals surface area contributed by atoms with Crippen molar-refractivity contribution in [3.8, 4) is 0 Å². The monoisotopic (exact) mass is 332 g/mol. The molecule has 1 aromatic carbocycles. The maximum atomic E-state index is 12.5. The molecule has 1 fully saturated rings. The number of piperazine rings is 1. The third-order valence-electron chi connectivity index (χ3n) is 4.91. The van der Waals surface area contributed by atoms with Gasteiger partial charge in [0.1, 0.15) is 0 Å². The third kappa shape index (κ3) is 4.41. The molecule has 0 bridgehead atoms. The fraction of sp³-hybridized carbons (Fsp3) is 0.632. The van der Waals surface area contributed by atoms with E-state index >= 15 is 0 Å². The SMILES string of the molecule is CCN(CC)c1ccc(NC(=O)N2CCN(C(C)C)CC2)c(C)c1. The first kappa shape index (κ1) is 18.6. The number of nitrogens with one attached hydrogen (secondary N) is 1. The lowest BCUT2D eigenvalue weighted by Gasteiger charge is -2.36. The summed E-state index contributed by atoms with van der Waals surface area (Å²) in [5, 5.41) is 3.08. The molecule has 1 aliphatic rings. The topological polar surface area (TPSA) is 38.8 Å². The van der Waals surface area contributed by atoms with Crippen molar-refractivity contribution in [3.05, 3.63) is 23.8 Å². The molecule has 1 aliphatic heterocycles. The van der Waals surface area contributed by atoms with Gasteiger partial charge >= 0.3 is 6.03 Å². The first-order valence-electron chi connectivity index (χ1n) is 9.11. The molecule has 5 nitrogen and oxygen atoms in total. The lowest BCUT2D eigenvalue weighted by molar-refractivity contribution is 0.125. The van der Waals surface area contributed by atoms with Crippen molar-refractivity contribution < 1.29 is 4.79 Å². The number of benzene rings is 1. The van der Waals surface area contributed by atoms with Gasteiger partial charge in [-0.05, 0) is 58.4 Å². The van der Waals surface area contributed by atoms with Crippen LogP contribution >= 0.6 is 0 Å². The van der Waals surface area contributed by atoms with Crippen LogP contribution in [0.15, 0.2) is 18.2 Å². The molecular weight excluding hydrogens is 300 g/mol. The Hall–Kier alpha value is -1.75. The van der Waals surface area contributed by atoms with Crippen molar-refractivity contribution in [1.82, 2.24) is 9.80 Å². The summed E-state index contributed by atoms with van der Waals surface area (Å²) < 4.78 is 0. The Kier molecular flexibility index (Phi) is 6.49. The van der Waals surface area contributed by atoms with Gasteiger partial charge in [0, 0.05) is 56.7 Å². The summed E-state index contributed by atoms with van der Waals surface area (Å²) in [7, 11) is 0. The second-order valence-electron chi connectivity index (χ2n) is 6.72.